The lowest BCUT2D eigenvalue weighted by Crippen LogP contribution is -2.53. The number of alkyl halides is 2. The topological polar surface area (TPSA) is 91.0 Å². The van der Waals surface area contributed by atoms with Crippen molar-refractivity contribution in [2.75, 3.05) is 49.6 Å². The molecule has 0 spiro atoms. The van der Waals surface area contributed by atoms with Crippen LogP contribution in [0.2, 0.25) is 4.34 Å². The first-order valence-corrected chi connectivity index (χ1v) is 13.4. The number of carbonyl (C=O) groups is 3. The molecule has 1 atom stereocenters. The van der Waals surface area contributed by atoms with Crippen molar-refractivity contribution in [2.24, 2.45) is 5.92 Å². The lowest BCUT2D eigenvalue weighted by Gasteiger charge is -2.36. The third kappa shape index (κ3) is 7.25. The fourth-order valence-corrected chi connectivity index (χ4v) is 5.38. The number of hydrogen-bond acceptors (Lipinski definition) is 6. The minimum Gasteiger partial charge on any atom is -0.370 e. The molecule has 0 bridgehead atoms. The van der Waals surface area contributed by atoms with Gasteiger partial charge in [0, 0.05) is 25.3 Å². The van der Waals surface area contributed by atoms with Crippen LogP contribution >= 0.6 is 22.9 Å². The van der Waals surface area contributed by atoms with Crippen molar-refractivity contribution in [1.82, 2.24) is 10.2 Å². The van der Waals surface area contributed by atoms with Gasteiger partial charge in [-0.05, 0) is 49.1 Å². The van der Waals surface area contributed by atoms with Gasteiger partial charge in [0.15, 0.2) is 0 Å². The zero-order valence-corrected chi connectivity index (χ0v) is 22.0. The molecule has 1 aliphatic carbocycles. The maximum Gasteiger partial charge on any atom is 0.261 e. The van der Waals surface area contributed by atoms with E-state index in [1.807, 2.05) is 0 Å². The van der Waals surface area contributed by atoms with Gasteiger partial charge in [-0.25, -0.2) is 13.2 Å². The fourth-order valence-electron chi connectivity index (χ4n) is 4.42. The number of nitrogens with zero attached hydrogens (tertiary/aromatic N) is 2. The second-order valence-corrected chi connectivity index (χ2v) is 10.9. The Bertz CT molecular complexity index is 1160. The summed E-state index contributed by atoms with van der Waals surface area (Å²) < 4.78 is 47.4. The van der Waals surface area contributed by atoms with Gasteiger partial charge in [-0.2, -0.15) is 0 Å². The van der Waals surface area contributed by atoms with E-state index in [1.165, 1.54) is 28.0 Å². The molecule has 13 heteroatoms. The fraction of sp³-hybridized carbons (Fsp3) is 0.480. The zero-order valence-electron chi connectivity index (χ0n) is 20.4. The van der Waals surface area contributed by atoms with E-state index in [-0.39, 0.29) is 56.0 Å². The van der Waals surface area contributed by atoms with E-state index in [1.54, 1.807) is 6.07 Å². The largest absolute Gasteiger partial charge is 0.370 e. The molecule has 1 saturated heterocycles. The minimum absolute atomic E-state index is 0.0547. The average molecular weight is 573 g/mol. The molecular weight excluding hydrogens is 545 g/mol. The maximum atomic E-state index is 14.9. The van der Waals surface area contributed by atoms with Crippen LogP contribution in [-0.2, 0) is 14.3 Å². The molecular formula is C25H28ClF3N4O4S. The number of morpholine rings is 1. The van der Waals surface area contributed by atoms with Gasteiger partial charge in [-0.15, -0.1) is 11.3 Å². The van der Waals surface area contributed by atoms with Gasteiger partial charge in [0.1, 0.15) is 18.5 Å². The summed E-state index contributed by atoms with van der Waals surface area (Å²) in [4.78, 5) is 41.0. The molecule has 2 heterocycles. The van der Waals surface area contributed by atoms with Gasteiger partial charge in [0.2, 0.25) is 5.91 Å². The highest BCUT2D eigenvalue weighted by molar-refractivity contribution is 7.18. The van der Waals surface area contributed by atoms with Crippen LogP contribution in [0.15, 0.2) is 30.3 Å². The van der Waals surface area contributed by atoms with Crippen molar-refractivity contribution in [3.8, 4) is 0 Å². The molecule has 206 valence electrons. The number of halogens is 4. The number of rotatable bonds is 11. The Hall–Kier alpha value is -2.67. The Morgan fingerprint density at radius 3 is 2.63 bits per heavy atom. The van der Waals surface area contributed by atoms with Crippen LogP contribution in [0.4, 0.5) is 24.5 Å². The summed E-state index contributed by atoms with van der Waals surface area (Å²) in [5.41, 5.74) is 0.151. The third-order valence-corrected chi connectivity index (χ3v) is 7.81. The molecule has 2 aliphatic rings. The molecule has 1 aromatic heterocycles. The first-order chi connectivity index (χ1) is 18.2. The quantitative estimate of drug-likeness (QED) is 0.425. The van der Waals surface area contributed by atoms with Crippen LogP contribution in [0.25, 0.3) is 0 Å². The molecule has 4 rings (SSSR count). The van der Waals surface area contributed by atoms with Gasteiger partial charge in [-0.3, -0.25) is 19.3 Å². The van der Waals surface area contributed by atoms with Crippen molar-refractivity contribution < 1.29 is 32.3 Å². The SMILES string of the molecule is O=C(NC[C@H](C(=O)Nc1ccc(N2CCOCC2=O)c(F)c1)N(CC(F)F)CC1CCC1)c1ccc(Cl)s1. The Labute approximate surface area is 227 Å². The molecule has 8 nitrogen and oxygen atoms in total. The summed E-state index contributed by atoms with van der Waals surface area (Å²) in [6, 6.07) is 5.85. The van der Waals surface area contributed by atoms with Crippen molar-refractivity contribution in [3.05, 3.63) is 45.4 Å². The Morgan fingerprint density at radius 2 is 2.03 bits per heavy atom. The number of thiophene rings is 1. The van der Waals surface area contributed by atoms with Gasteiger partial charge in [-0.1, -0.05) is 18.0 Å². The average Bonchev–Trinajstić information content (AvgIpc) is 3.28. The standard InChI is InChI=1S/C25H28ClF3N4O4S/c26-21-7-6-20(38-21)25(36)30-11-19(32(13-22(28)29)12-15-2-1-3-15)24(35)31-16-4-5-18(17(27)10-16)33-8-9-37-14-23(33)34/h4-7,10,15,19,22H,1-3,8-9,11-14H2,(H,30,36)(H,31,35)/t19-/m1/s1. The van der Waals surface area contributed by atoms with E-state index in [2.05, 4.69) is 10.6 Å². The summed E-state index contributed by atoms with van der Waals surface area (Å²) in [5.74, 6) is -2.07. The molecule has 1 saturated carbocycles. The normalized spacial score (nSPS) is 17.0. The molecule has 2 aromatic rings. The van der Waals surface area contributed by atoms with Crippen molar-refractivity contribution >= 4 is 52.0 Å². The third-order valence-electron chi connectivity index (χ3n) is 6.58. The number of carbonyl (C=O) groups excluding carboxylic acids is 3. The molecule has 1 aromatic carbocycles. The van der Waals surface area contributed by atoms with E-state index in [9.17, 15) is 27.6 Å². The van der Waals surface area contributed by atoms with Crippen LogP contribution < -0.4 is 15.5 Å². The lowest BCUT2D eigenvalue weighted by molar-refractivity contribution is -0.126. The first-order valence-electron chi connectivity index (χ1n) is 12.3. The van der Waals surface area contributed by atoms with Crippen LogP contribution in [0.3, 0.4) is 0 Å². The smallest absolute Gasteiger partial charge is 0.261 e. The van der Waals surface area contributed by atoms with Crippen LogP contribution in [0.1, 0.15) is 28.9 Å². The number of amides is 3. The molecule has 0 radical (unpaired) electrons. The second-order valence-electron chi connectivity index (χ2n) is 9.22. The van der Waals surface area contributed by atoms with Crippen molar-refractivity contribution in [2.45, 2.75) is 31.7 Å². The van der Waals surface area contributed by atoms with Crippen LogP contribution in [0, 0.1) is 11.7 Å². The monoisotopic (exact) mass is 572 g/mol. The molecule has 2 N–H and O–H groups in total. The molecule has 1 aliphatic heterocycles. The van der Waals surface area contributed by atoms with Gasteiger partial charge in [0.25, 0.3) is 18.2 Å². The Balaban J connectivity index is 1.51. The lowest BCUT2D eigenvalue weighted by atomic mass is 9.85. The Kier molecular flexibility index (Phi) is 9.64. The zero-order chi connectivity index (χ0) is 27.2. The number of benzene rings is 1. The predicted octanol–water partition coefficient (Wildman–Crippen LogP) is 4.01. The van der Waals surface area contributed by atoms with Gasteiger partial charge in [0.05, 0.1) is 28.1 Å². The predicted molar refractivity (Wildman–Crippen MR) is 139 cm³/mol. The molecule has 2 fully saturated rings. The van der Waals surface area contributed by atoms with E-state index in [0.29, 0.717) is 9.21 Å². The van der Waals surface area contributed by atoms with Gasteiger partial charge >= 0.3 is 0 Å². The van der Waals surface area contributed by atoms with E-state index < -0.39 is 36.6 Å². The minimum atomic E-state index is -2.69. The second kappa shape index (κ2) is 12.9. The number of nitrogens with one attached hydrogen (secondary N) is 2. The summed E-state index contributed by atoms with van der Waals surface area (Å²) in [7, 11) is 0. The number of hydrogen-bond donors (Lipinski definition) is 2. The van der Waals surface area contributed by atoms with Crippen LogP contribution in [0.5, 0.6) is 0 Å². The highest BCUT2D eigenvalue weighted by Gasteiger charge is 2.32. The molecule has 3 amide bonds. The summed E-state index contributed by atoms with van der Waals surface area (Å²) >= 11 is 6.96. The highest BCUT2D eigenvalue weighted by Crippen LogP contribution is 2.29. The molecule has 38 heavy (non-hydrogen) atoms. The highest BCUT2D eigenvalue weighted by atomic mass is 35.5. The Morgan fingerprint density at radius 1 is 1.24 bits per heavy atom. The van der Waals surface area contributed by atoms with Gasteiger partial charge < -0.3 is 20.3 Å². The summed E-state index contributed by atoms with van der Waals surface area (Å²) in [5, 5.41) is 5.24. The maximum absolute atomic E-state index is 14.9. The number of ether oxygens (including phenoxy) is 1. The summed E-state index contributed by atoms with van der Waals surface area (Å²) in [6.07, 6.45) is 0.0549. The van der Waals surface area contributed by atoms with Crippen LogP contribution in [-0.4, -0.2) is 74.5 Å². The van der Waals surface area contributed by atoms with E-state index in [4.69, 9.17) is 16.3 Å². The number of anilines is 2. The van der Waals surface area contributed by atoms with Crippen molar-refractivity contribution in [1.29, 1.82) is 0 Å². The van der Waals surface area contributed by atoms with Crippen molar-refractivity contribution in [3.63, 3.8) is 0 Å². The van der Waals surface area contributed by atoms with E-state index >= 15 is 0 Å². The van der Waals surface area contributed by atoms with E-state index in [0.717, 1.165) is 36.7 Å². The first kappa shape index (κ1) is 28.3. The summed E-state index contributed by atoms with van der Waals surface area (Å²) in [6.45, 7) is -0.290. The molecule has 0 unspecified atom stereocenters.